The summed E-state index contributed by atoms with van der Waals surface area (Å²) in [7, 11) is 2.04. The predicted molar refractivity (Wildman–Crippen MR) is 77.3 cm³/mol. The average molecular weight is 295 g/mol. The third kappa shape index (κ3) is 3.74. The number of hydrogen-bond donors (Lipinski definition) is 1. The summed E-state index contributed by atoms with van der Waals surface area (Å²) in [5.41, 5.74) is 5.31. The van der Waals surface area contributed by atoms with E-state index in [1.54, 1.807) is 4.90 Å². The fourth-order valence-corrected chi connectivity index (χ4v) is 3.42. The van der Waals surface area contributed by atoms with Crippen molar-refractivity contribution in [2.24, 2.45) is 23.5 Å². The van der Waals surface area contributed by atoms with Crippen LogP contribution in [0.5, 0.6) is 0 Å². The number of carbonyl (C=O) groups excluding carboxylic acids is 2. The SMILES string of the molecule is CN1CCO[C@H](CN(CC(N)=O)C(=O)[C@@H]2C[C@@H]2C2CC2)C1. The molecule has 1 saturated heterocycles. The lowest BCUT2D eigenvalue weighted by molar-refractivity contribution is -0.139. The van der Waals surface area contributed by atoms with Crippen molar-refractivity contribution >= 4 is 11.8 Å². The smallest absolute Gasteiger partial charge is 0.237 e. The van der Waals surface area contributed by atoms with E-state index in [0.29, 0.717) is 19.1 Å². The first-order chi connectivity index (χ1) is 10.0. The van der Waals surface area contributed by atoms with Gasteiger partial charge < -0.3 is 20.3 Å². The van der Waals surface area contributed by atoms with Crippen LogP contribution in [0.15, 0.2) is 0 Å². The van der Waals surface area contributed by atoms with E-state index in [1.165, 1.54) is 12.8 Å². The number of likely N-dealkylation sites (N-methyl/N-ethyl adjacent to an activating group) is 1. The van der Waals surface area contributed by atoms with E-state index in [4.69, 9.17) is 10.5 Å². The van der Waals surface area contributed by atoms with Crippen LogP contribution in [0.4, 0.5) is 0 Å². The molecular weight excluding hydrogens is 270 g/mol. The normalized spacial score (nSPS) is 32.7. The Morgan fingerprint density at radius 3 is 2.76 bits per heavy atom. The molecule has 0 spiro atoms. The summed E-state index contributed by atoms with van der Waals surface area (Å²) in [5.74, 6) is 1.09. The molecule has 3 fully saturated rings. The van der Waals surface area contributed by atoms with Crippen LogP contribution < -0.4 is 5.73 Å². The molecule has 21 heavy (non-hydrogen) atoms. The van der Waals surface area contributed by atoms with Gasteiger partial charge in [0.2, 0.25) is 11.8 Å². The third-order valence-corrected chi connectivity index (χ3v) is 4.81. The Morgan fingerprint density at radius 1 is 1.38 bits per heavy atom. The van der Waals surface area contributed by atoms with Crippen molar-refractivity contribution in [3.8, 4) is 0 Å². The number of nitrogens with two attached hydrogens (primary N) is 1. The number of primary amides is 1. The molecule has 3 rings (SSSR count). The number of ether oxygens (including phenoxy) is 1. The van der Waals surface area contributed by atoms with Gasteiger partial charge in [-0.25, -0.2) is 0 Å². The topological polar surface area (TPSA) is 75.9 Å². The maximum Gasteiger partial charge on any atom is 0.237 e. The maximum absolute atomic E-state index is 12.6. The van der Waals surface area contributed by atoms with E-state index >= 15 is 0 Å². The van der Waals surface area contributed by atoms with Crippen molar-refractivity contribution in [2.75, 3.05) is 39.8 Å². The summed E-state index contributed by atoms with van der Waals surface area (Å²) in [6.07, 6.45) is 3.50. The highest BCUT2D eigenvalue weighted by atomic mass is 16.5. The monoisotopic (exact) mass is 295 g/mol. The minimum Gasteiger partial charge on any atom is -0.374 e. The van der Waals surface area contributed by atoms with Gasteiger partial charge in [-0.15, -0.1) is 0 Å². The molecule has 0 aromatic rings. The van der Waals surface area contributed by atoms with Gasteiger partial charge in [-0.2, -0.15) is 0 Å². The summed E-state index contributed by atoms with van der Waals surface area (Å²) in [6.45, 7) is 2.86. The molecule has 2 aliphatic carbocycles. The van der Waals surface area contributed by atoms with Crippen LogP contribution in [-0.2, 0) is 14.3 Å². The van der Waals surface area contributed by atoms with Gasteiger partial charge in [0.15, 0.2) is 0 Å². The van der Waals surface area contributed by atoms with Gasteiger partial charge in [0.05, 0.1) is 19.3 Å². The van der Waals surface area contributed by atoms with Gasteiger partial charge in [0, 0.05) is 25.6 Å². The summed E-state index contributed by atoms with van der Waals surface area (Å²) >= 11 is 0. The number of carbonyl (C=O) groups is 2. The highest BCUT2D eigenvalue weighted by Crippen LogP contribution is 2.54. The van der Waals surface area contributed by atoms with Crippen molar-refractivity contribution in [1.82, 2.24) is 9.80 Å². The van der Waals surface area contributed by atoms with E-state index in [1.807, 2.05) is 7.05 Å². The van der Waals surface area contributed by atoms with E-state index in [9.17, 15) is 9.59 Å². The molecule has 2 N–H and O–H groups in total. The lowest BCUT2D eigenvalue weighted by Gasteiger charge is -2.33. The molecule has 0 aromatic heterocycles. The molecule has 6 nitrogen and oxygen atoms in total. The first-order valence-electron chi connectivity index (χ1n) is 7.92. The molecule has 118 valence electrons. The molecule has 1 heterocycles. The Kier molecular flexibility index (Phi) is 4.17. The van der Waals surface area contributed by atoms with Crippen molar-refractivity contribution in [3.63, 3.8) is 0 Å². The molecular formula is C15H25N3O3. The van der Waals surface area contributed by atoms with E-state index in [2.05, 4.69) is 4.90 Å². The lowest BCUT2D eigenvalue weighted by atomic mass is 10.2. The van der Waals surface area contributed by atoms with Crippen molar-refractivity contribution in [3.05, 3.63) is 0 Å². The second kappa shape index (κ2) is 5.93. The molecule has 6 heteroatoms. The van der Waals surface area contributed by atoms with Crippen LogP contribution in [0.25, 0.3) is 0 Å². The molecule has 2 amide bonds. The lowest BCUT2D eigenvalue weighted by Crippen LogP contribution is -2.49. The molecule has 0 bridgehead atoms. The van der Waals surface area contributed by atoms with E-state index < -0.39 is 5.91 Å². The zero-order valence-electron chi connectivity index (χ0n) is 12.7. The Hall–Kier alpha value is -1.14. The molecule has 3 aliphatic rings. The molecule has 0 unspecified atom stereocenters. The number of morpholine rings is 1. The van der Waals surface area contributed by atoms with E-state index in [-0.39, 0.29) is 24.5 Å². The highest BCUT2D eigenvalue weighted by molar-refractivity contribution is 5.86. The third-order valence-electron chi connectivity index (χ3n) is 4.81. The molecule has 1 aliphatic heterocycles. The Bertz CT molecular complexity index is 424. The second-order valence-electron chi connectivity index (χ2n) is 6.78. The van der Waals surface area contributed by atoms with Gasteiger partial charge in [0.1, 0.15) is 0 Å². The zero-order valence-corrected chi connectivity index (χ0v) is 12.7. The van der Waals surface area contributed by atoms with Crippen molar-refractivity contribution in [2.45, 2.75) is 25.4 Å². The van der Waals surface area contributed by atoms with Gasteiger partial charge in [-0.1, -0.05) is 0 Å². The molecule has 2 saturated carbocycles. The maximum atomic E-state index is 12.6. The van der Waals surface area contributed by atoms with Gasteiger partial charge in [0.25, 0.3) is 0 Å². The number of hydrogen-bond acceptors (Lipinski definition) is 4. The minimum atomic E-state index is -0.448. The largest absolute Gasteiger partial charge is 0.374 e. The van der Waals surface area contributed by atoms with Gasteiger partial charge >= 0.3 is 0 Å². The quantitative estimate of drug-likeness (QED) is 0.728. The fourth-order valence-electron chi connectivity index (χ4n) is 3.42. The van der Waals surface area contributed by atoms with Crippen LogP contribution in [-0.4, -0.2) is 67.6 Å². The van der Waals surface area contributed by atoms with Crippen LogP contribution in [0.2, 0.25) is 0 Å². The van der Waals surface area contributed by atoms with Crippen LogP contribution in [0, 0.1) is 17.8 Å². The zero-order chi connectivity index (χ0) is 15.0. The molecule has 0 radical (unpaired) electrons. The standard InChI is InChI=1S/C15H25N3O3/c1-17-4-5-21-11(7-17)8-18(9-14(16)19)15(20)13-6-12(13)10-2-3-10/h10-13H,2-9H2,1H3,(H2,16,19)/t11-,12+,13+/m0/s1. The first kappa shape index (κ1) is 14.8. The average Bonchev–Trinajstić information content (AvgIpc) is 3.26. The first-order valence-corrected chi connectivity index (χ1v) is 7.92. The Morgan fingerprint density at radius 2 is 2.14 bits per heavy atom. The predicted octanol–water partition coefficient (Wildman–Crippen LogP) is -0.323. The summed E-state index contributed by atoms with van der Waals surface area (Å²) in [4.78, 5) is 27.7. The Balaban J connectivity index is 1.57. The van der Waals surface area contributed by atoms with Crippen molar-refractivity contribution < 1.29 is 14.3 Å². The highest BCUT2D eigenvalue weighted by Gasteiger charge is 2.52. The minimum absolute atomic E-state index is 0.0102. The fraction of sp³-hybridized carbons (Fsp3) is 0.867. The van der Waals surface area contributed by atoms with Crippen molar-refractivity contribution in [1.29, 1.82) is 0 Å². The summed E-state index contributed by atoms with van der Waals surface area (Å²) in [5, 5.41) is 0. The summed E-state index contributed by atoms with van der Waals surface area (Å²) < 4.78 is 5.71. The number of amides is 2. The molecule has 0 aromatic carbocycles. The van der Waals surface area contributed by atoms with Crippen LogP contribution >= 0.6 is 0 Å². The second-order valence-corrected chi connectivity index (χ2v) is 6.78. The summed E-state index contributed by atoms with van der Waals surface area (Å²) in [6, 6.07) is 0. The van der Waals surface area contributed by atoms with E-state index in [0.717, 1.165) is 25.4 Å². The van der Waals surface area contributed by atoms with Gasteiger partial charge in [-0.05, 0) is 38.1 Å². The number of nitrogens with zero attached hydrogens (tertiary/aromatic N) is 2. The number of rotatable bonds is 6. The van der Waals surface area contributed by atoms with Crippen LogP contribution in [0.1, 0.15) is 19.3 Å². The van der Waals surface area contributed by atoms with Crippen LogP contribution in [0.3, 0.4) is 0 Å². The van der Waals surface area contributed by atoms with Gasteiger partial charge in [-0.3, -0.25) is 9.59 Å². The Labute approximate surface area is 125 Å². The molecule has 3 atom stereocenters.